The summed E-state index contributed by atoms with van der Waals surface area (Å²) in [6.07, 6.45) is 1.82. The topological polar surface area (TPSA) is 73.5 Å². The second kappa shape index (κ2) is 7.81. The maximum Gasteiger partial charge on any atom is 0.165 e. The van der Waals surface area contributed by atoms with Gasteiger partial charge in [-0.1, -0.05) is 36.4 Å². The third kappa shape index (κ3) is 3.29. The van der Waals surface area contributed by atoms with Crippen LogP contribution in [0.25, 0.3) is 33.4 Å². The van der Waals surface area contributed by atoms with E-state index < -0.39 is 0 Å². The molecular formula is C27H23N7. The molecule has 0 amide bonds. The average Bonchev–Trinajstić information content (AvgIpc) is 3.37. The van der Waals surface area contributed by atoms with E-state index in [1.165, 1.54) is 0 Å². The van der Waals surface area contributed by atoms with Crippen LogP contribution in [0.5, 0.6) is 0 Å². The third-order valence-corrected chi connectivity index (χ3v) is 5.99. The van der Waals surface area contributed by atoms with E-state index in [-0.39, 0.29) is 0 Å². The Morgan fingerprint density at radius 3 is 2.00 bits per heavy atom. The van der Waals surface area contributed by atoms with Gasteiger partial charge in [0.05, 0.1) is 34.6 Å². The molecule has 0 aliphatic rings. The molecule has 0 unspecified atom stereocenters. The molecule has 6 rings (SSSR count). The molecule has 7 heteroatoms. The molecule has 6 aromatic rings. The fourth-order valence-corrected chi connectivity index (χ4v) is 4.43. The van der Waals surface area contributed by atoms with E-state index in [9.17, 15) is 0 Å². The van der Waals surface area contributed by atoms with Gasteiger partial charge >= 0.3 is 0 Å². The minimum Gasteiger partial charge on any atom is -0.339 e. The van der Waals surface area contributed by atoms with Crippen molar-refractivity contribution in [2.45, 2.75) is 20.8 Å². The minimum absolute atomic E-state index is 0.747. The van der Waals surface area contributed by atoms with Crippen LogP contribution in [0.2, 0.25) is 0 Å². The molecule has 0 fully saturated rings. The van der Waals surface area contributed by atoms with Gasteiger partial charge in [-0.25, -0.2) is 19.3 Å². The van der Waals surface area contributed by atoms with Crippen LogP contribution in [0.3, 0.4) is 0 Å². The maximum absolute atomic E-state index is 4.92. The summed E-state index contributed by atoms with van der Waals surface area (Å²) in [5.41, 5.74) is 7.48. The molecule has 4 heterocycles. The lowest BCUT2D eigenvalue weighted by molar-refractivity contribution is 0.877. The Balaban J connectivity index is 1.42. The van der Waals surface area contributed by atoms with Crippen molar-refractivity contribution in [3.8, 4) is 11.4 Å². The Morgan fingerprint density at radius 2 is 1.32 bits per heavy atom. The van der Waals surface area contributed by atoms with Crippen LogP contribution in [0.4, 0.5) is 11.5 Å². The highest BCUT2D eigenvalue weighted by Crippen LogP contribution is 2.28. The molecule has 4 aromatic heterocycles. The number of hydrogen-bond acceptors (Lipinski definition) is 5. The van der Waals surface area contributed by atoms with Crippen molar-refractivity contribution in [3.05, 3.63) is 95.9 Å². The number of aryl methyl sites for hydroxylation is 3. The smallest absolute Gasteiger partial charge is 0.165 e. The molecule has 0 aliphatic heterocycles. The van der Waals surface area contributed by atoms with E-state index in [1.807, 2.05) is 90.1 Å². The Hall–Kier alpha value is -4.52. The number of pyridine rings is 2. The second-order valence-corrected chi connectivity index (χ2v) is 8.41. The summed E-state index contributed by atoms with van der Waals surface area (Å²) in [5.74, 6) is 0.747. The monoisotopic (exact) mass is 445 g/mol. The van der Waals surface area contributed by atoms with Gasteiger partial charge in [0.2, 0.25) is 0 Å². The van der Waals surface area contributed by atoms with Crippen molar-refractivity contribution in [2.75, 3.05) is 5.32 Å². The van der Waals surface area contributed by atoms with Crippen molar-refractivity contribution in [2.24, 2.45) is 0 Å². The average molecular weight is 446 g/mol. The summed E-state index contributed by atoms with van der Waals surface area (Å²) >= 11 is 0. The van der Waals surface area contributed by atoms with Gasteiger partial charge in [0, 0.05) is 10.8 Å². The lowest BCUT2D eigenvalue weighted by Crippen LogP contribution is -2.01. The van der Waals surface area contributed by atoms with Crippen molar-refractivity contribution in [1.82, 2.24) is 29.5 Å². The van der Waals surface area contributed by atoms with Crippen LogP contribution >= 0.6 is 0 Å². The molecule has 0 saturated carbocycles. The molecule has 166 valence electrons. The van der Waals surface area contributed by atoms with Crippen molar-refractivity contribution in [1.29, 1.82) is 0 Å². The maximum atomic E-state index is 4.92. The van der Waals surface area contributed by atoms with E-state index in [0.717, 1.165) is 61.9 Å². The zero-order chi connectivity index (χ0) is 23.2. The molecule has 2 aromatic carbocycles. The van der Waals surface area contributed by atoms with Crippen molar-refractivity contribution < 1.29 is 0 Å². The van der Waals surface area contributed by atoms with Crippen LogP contribution in [-0.2, 0) is 0 Å². The molecule has 1 N–H and O–H groups in total. The number of fused-ring (bicyclic) bond motifs is 2. The third-order valence-electron chi connectivity index (χ3n) is 5.99. The zero-order valence-corrected chi connectivity index (χ0v) is 19.2. The van der Waals surface area contributed by atoms with E-state index >= 15 is 0 Å². The molecule has 0 spiro atoms. The molecule has 0 bridgehead atoms. The van der Waals surface area contributed by atoms with E-state index in [0.29, 0.717) is 0 Å². The standard InChI is InChI=1S/C27H23N7/c1-17-14-24(30-27-25(17)19(3)32-34(27)22-12-8-5-9-13-22)29-20-15-23-18(2)31-33(26(23)28-16-20)21-10-6-4-7-11-21/h4-16H,1-3H3,(H,29,30). The summed E-state index contributed by atoms with van der Waals surface area (Å²) in [6.45, 7) is 6.12. The van der Waals surface area contributed by atoms with Crippen LogP contribution < -0.4 is 5.32 Å². The number of nitrogens with one attached hydrogen (secondary N) is 1. The molecule has 0 radical (unpaired) electrons. The van der Waals surface area contributed by atoms with E-state index in [1.54, 1.807) is 0 Å². The first-order valence-corrected chi connectivity index (χ1v) is 11.2. The highest BCUT2D eigenvalue weighted by Gasteiger charge is 2.15. The normalized spacial score (nSPS) is 11.4. The summed E-state index contributed by atoms with van der Waals surface area (Å²) in [4.78, 5) is 9.65. The number of aromatic nitrogens is 6. The van der Waals surface area contributed by atoms with Crippen LogP contribution in [0, 0.1) is 20.8 Å². The number of rotatable bonds is 4. The Labute approximate surface area is 196 Å². The largest absolute Gasteiger partial charge is 0.339 e. The number of benzene rings is 2. The first kappa shape index (κ1) is 20.1. The summed E-state index contributed by atoms with van der Waals surface area (Å²) < 4.78 is 3.78. The summed E-state index contributed by atoms with van der Waals surface area (Å²) in [7, 11) is 0. The number of anilines is 2. The van der Waals surface area contributed by atoms with Gasteiger partial charge < -0.3 is 5.32 Å². The predicted octanol–water partition coefficient (Wildman–Crippen LogP) is 5.82. The first-order valence-electron chi connectivity index (χ1n) is 11.2. The number of nitrogens with zero attached hydrogens (tertiary/aromatic N) is 6. The predicted molar refractivity (Wildman–Crippen MR) is 135 cm³/mol. The zero-order valence-electron chi connectivity index (χ0n) is 19.2. The van der Waals surface area contributed by atoms with Crippen molar-refractivity contribution in [3.63, 3.8) is 0 Å². The second-order valence-electron chi connectivity index (χ2n) is 8.41. The molecule has 7 nitrogen and oxygen atoms in total. The highest BCUT2D eigenvalue weighted by atomic mass is 15.3. The highest BCUT2D eigenvalue weighted by molar-refractivity contribution is 5.87. The Bertz CT molecular complexity index is 1650. The molecule has 0 saturated heterocycles. The van der Waals surface area contributed by atoms with Crippen molar-refractivity contribution >= 4 is 33.6 Å². The first-order chi connectivity index (χ1) is 16.6. The van der Waals surface area contributed by atoms with Gasteiger partial charge in [0.1, 0.15) is 5.82 Å². The van der Waals surface area contributed by atoms with Gasteiger partial charge in [0.15, 0.2) is 11.3 Å². The van der Waals surface area contributed by atoms with Gasteiger partial charge in [-0.05, 0) is 62.7 Å². The Morgan fingerprint density at radius 1 is 0.706 bits per heavy atom. The minimum atomic E-state index is 0.747. The van der Waals surface area contributed by atoms with E-state index in [2.05, 4.69) is 24.4 Å². The summed E-state index contributed by atoms with van der Waals surface area (Å²) in [6, 6.07) is 24.3. The van der Waals surface area contributed by atoms with Gasteiger partial charge in [-0.3, -0.25) is 0 Å². The lowest BCUT2D eigenvalue weighted by Gasteiger charge is -2.09. The molecule has 0 aliphatic carbocycles. The van der Waals surface area contributed by atoms with Crippen LogP contribution in [0.15, 0.2) is 79.0 Å². The lowest BCUT2D eigenvalue weighted by atomic mass is 10.1. The fourth-order valence-electron chi connectivity index (χ4n) is 4.43. The van der Waals surface area contributed by atoms with Crippen LogP contribution in [0.1, 0.15) is 17.0 Å². The van der Waals surface area contributed by atoms with E-state index in [4.69, 9.17) is 20.2 Å². The number of para-hydroxylation sites is 2. The van der Waals surface area contributed by atoms with Gasteiger partial charge in [-0.15, -0.1) is 0 Å². The summed E-state index contributed by atoms with van der Waals surface area (Å²) in [5, 5.41) is 15.0. The van der Waals surface area contributed by atoms with Gasteiger partial charge in [-0.2, -0.15) is 10.2 Å². The quantitative estimate of drug-likeness (QED) is 0.370. The van der Waals surface area contributed by atoms with Gasteiger partial charge in [0.25, 0.3) is 0 Å². The SMILES string of the molecule is Cc1nn(-c2ccccc2)c2ncc(Nc3cc(C)c4c(C)nn(-c5ccccc5)c4n3)cc12. The number of hydrogen-bond donors (Lipinski definition) is 1. The fraction of sp³-hybridized carbons (Fsp3) is 0.111. The van der Waals surface area contributed by atoms with Crippen LogP contribution in [-0.4, -0.2) is 29.5 Å². The molecule has 34 heavy (non-hydrogen) atoms. The molecule has 0 atom stereocenters. The molecular weight excluding hydrogens is 422 g/mol. The Kier molecular flexibility index (Phi) is 4.62.